The fourth-order valence-corrected chi connectivity index (χ4v) is 2.49. The van der Waals surface area contributed by atoms with Gasteiger partial charge in [0.15, 0.2) is 0 Å². The third-order valence-corrected chi connectivity index (χ3v) is 3.69. The molecule has 1 N–H and O–H groups in total. The van der Waals surface area contributed by atoms with Crippen molar-refractivity contribution in [2.24, 2.45) is 0 Å². The van der Waals surface area contributed by atoms with E-state index in [9.17, 15) is 5.11 Å². The average Bonchev–Trinajstić information content (AvgIpc) is 2.48. The number of pyridine rings is 1. The zero-order valence-electron chi connectivity index (χ0n) is 12.5. The molecule has 2 aromatic rings. The van der Waals surface area contributed by atoms with Crippen LogP contribution in [0.15, 0.2) is 30.6 Å². The van der Waals surface area contributed by atoms with Crippen LogP contribution in [-0.2, 0) is 6.42 Å². The van der Waals surface area contributed by atoms with E-state index in [4.69, 9.17) is 4.74 Å². The van der Waals surface area contributed by atoms with Gasteiger partial charge in [-0.3, -0.25) is 4.98 Å². The molecule has 1 aromatic heterocycles. The number of rotatable bonds is 4. The maximum absolute atomic E-state index is 10.7. The zero-order valence-corrected chi connectivity index (χ0v) is 12.5. The molecule has 0 aliphatic carbocycles. The molecular weight excluding hydrogens is 250 g/mol. The van der Waals surface area contributed by atoms with Crippen LogP contribution in [0.2, 0.25) is 0 Å². The van der Waals surface area contributed by atoms with Crippen molar-refractivity contribution in [3.05, 3.63) is 58.4 Å². The minimum absolute atomic E-state index is 0.627. The fraction of sp³-hybridized carbons (Fsp3) is 0.353. The summed E-state index contributed by atoms with van der Waals surface area (Å²) in [5, 5.41) is 10.7. The molecular formula is C17H21NO2. The van der Waals surface area contributed by atoms with Crippen molar-refractivity contribution in [2.45, 2.75) is 33.3 Å². The van der Waals surface area contributed by atoms with Crippen LogP contribution < -0.4 is 4.74 Å². The van der Waals surface area contributed by atoms with Gasteiger partial charge in [-0.05, 0) is 66.3 Å². The van der Waals surface area contributed by atoms with Crippen LogP contribution in [-0.4, -0.2) is 17.2 Å². The number of aliphatic hydroxyl groups excluding tert-OH is 1. The highest BCUT2D eigenvalue weighted by atomic mass is 16.5. The van der Waals surface area contributed by atoms with Gasteiger partial charge in [0.1, 0.15) is 11.9 Å². The summed E-state index contributed by atoms with van der Waals surface area (Å²) in [7, 11) is 1.66. The lowest BCUT2D eigenvalue weighted by atomic mass is 9.93. The third kappa shape index (κ3) is 2.68. The molecule has 1 unspecified atom stereocenters. The highest BCUT2D eigenvalue weighted by Gasteiger charge is 2.17. The lowest BCUT2D eigenvalue weighted by Crippen LogP contribution is -2.06. The van der Waals surface area contributed by atoms with Gasteiger partial charge in [-0.2, -0.15) is 0 Å². The molecule has 0 fully saturated rings. The van der Waals surface area contributed by atoms with E-state index in [-0.39, 0.29) is 0 Å². The summed E-state index contributed by atoms with van der Waals surface area (Å²) < 4.78 is 5.32. The van der Waals surface area contributed by atoms with E-state index in [1.54, 1.807) is 13.3 Å². The summed E-state index contributed by atoms with van der Waals surface area (Å²) in [6.45, 7) is 6.05. The lowest BCUT2D eigenvalue weighted by molar-refractivity contribution is 0.218. The molecule has 1 heterocycles. The van der Waals surface area contributed by atoms with Crippen molar-refractivity contribution < 1.29 is 9.84 Å². The Morgan fingerprint density at radius 3 is 2.60 bits per heavy atom. The van der Waals surface area contributed by atoms with Crippen molar-refractivity contribution in [1.82, 2.24) is 4.98 Å². The first-order chi connectivity index (χ1) is 9.58. The van der Waals surface area contributed by atoms with Crippen molar-refractivity contribution in [1.29, 1.82) is 0 Å². The summed E-state index contributed by atoms with van der Waals surface area (Å²) >= 11 is 0. The van der Waals surface area contributed by atoms with Gasteiger partial charge in [-0.15, -0.1) is 0 Å². The van der Waals surface area contributed by atoms with Gasteiger partial charge in [-0.1, -0.05) is 6.92 Å². The predicted molar refractivity (Wildman–Crippen MR) is 80.1 cm³/mol. The molecule has 0 spiro atoms. The van der Waals surface area contributed by atoms with E-state index in [1.807, 2.05) is 38.2 Å². The zero-order chi connectivity index (χ0) is 14.7. The molecule has 3 nitrogen and oxygen atoms in total. The number of ether oxygens (including phenoxy) is 1. The second kappa shape index (κ2) is 6.06. The van der Waals surface area contributed by atoms with E-state index in [1.165, 1.54) is 0 Å². The Morgan fingerprint density at radius 2 is 1.95 bits per heavy atom. The molecule has 0 saturated carbocycles. The molecule has 0 bridgehead atoms. The number of nitrogens with zero attached hydrogens (tertiary/aromatic N) is 1. The van der Waals surface area contributed by atoms with Crippen LogP contribution >= 0.6 is 0 Å². The van der Waals surface area contributed by atoms with Crippen LogP contribution in [0.1, 0.15) is 40.8 Å². The molecule has 2 rings (SSSR count). The van der Waals surface area contributed by atoms with Gasteiger partial charge in [0.25, 0.3) is 0 Å². The molecule has 0 saturated heterocycles. The summed E-state index contributed by atoms with van der Waals surface area (Å²) in [4.78, 5) is 4.13. The Balaban J connectivity index is 2.48. The number of hydrogen-bond acceptors (Lipinski definition) is 3. The van der Waals surface area contributed by atoms with Gasteiger partial charge < -0.3 is 9.84 Å². The van der Waals surface area contributed by atoms with Crippen LogP contribution in [0.25, 0.3) is 0 Å². The molecule has 0 amide bonds. The second-order valence-electron chi connectivity index (χ2n) is 5.01. The predicted octanol–water partition coefficient (Wildman–Crippen LogP) is 3.35. The van der Waals surface area contributed by atoms with Crippen LogP contribution in [0.4, 0.5) is 0 Å². The van der Waals surface area contributed by atoms with Crippen LogP contribution in [0.3, 0.4) is 0 Å². The minimum atomic E-state index is -0.627. The SMILES string of the molecule is CCc1cnccc1C(O)c1cc(C)c(OC)cc1C. The van der Waals surface area contributed by atoms with E-state index in [0.29, 0.717) is 0 Å². The summed E-state index contributed by atoms with van der Waals surface area (Å²) in [6.07, 6.45) is 3.78. The quantitative estimate of drug-likeness (QED) is 0.927. The van der Waals surface area contributed by atoms with Crippen LogP contribution in [0, 0.1) is 13.8 Å². The van der Waals surface area contributed by atoms with Crippen molar-refractivity contribution in [2.75, 3.05) is 7.11 Å². The van der Waals surface area contributed by atoms with Crippen molar-refractivity contribution in [3.8, 4) is 5.75 Å². The van der Waals surface area contributed by atoms with Gasteiger partial charge in [0.05, 0.1) is 7.11 Å². The van der Waals surface area contributed by atoms with E-state index < -0.39 is 6.10 Å². The molecule has 0 radical (unpaired) electrons. The number of aryl methyl sites for hydroxylation is 3. The average molecular weight is 271 g/mol. The Morgan fingerprint density at radius 1 is 1.20 bits per heavy atom. The fourth-order valence-electron chi connectivity index (χ4n) is 2.49. The number of aromatic nitrogens is 1. The van der Waals surface area contributed by atoms with Crippen LogP contribution in [0.5, 0.6) is 5.75 Å². The molecule has 106 valence electrons. The van der Waals surface area contributed by atoms with Crippen molar-refractivity contribution >= 4 is 0 Å². The largest absolute Gasteiger partial charge is 0.496 e. The minimum Gasteiger partial charge on any atom is -0.496 e. The molecule has 0 aliphatic rings. The number of benzene rings is 1. The Kier molecular flexibility index (Phi) is 4.40. The van der Waals surface area contributed by atoms with Crippen molar-refractivity contribution in [3.63, 3.8) is 0 Å². The van der Waals surface area contributed by atoms with Gasteiger partial charge in [0.2, 0.25) is 0 Å². The number of hydrogen-bond donors (Lipinski definition) is 1. The lowest BCUT2D eigenvalue weighted by Gasteiger charge is -2.19. The van der Waals surface area contributed by atoms with E-state index >= 15 is 0 Å². The standard InChI is InChI=1S/C17H21NO2/c1-5-13-10-18-7-6-14(13)17(19)15-8-12(3)16(20-4)9-11(15)2/h6-10,17,19H,5H2,1-4H3. The number of methoxy groups -OCH3 is 1. The molecule has 1 aromatic carbocycles. The first kappa shape index (κ1) is 14.5. The first-order valence-corrected chi connectivity index (χ1v) is 6.84. The monoisotopic (exact) mass is 271 g/mol. The molecule has 1 atom stereocenters. The summed E-state index contributed by atoms with van der Waals surface area (Å²) in [6, 6.07) is 5.86. The highest BCUT2D eigenvalue weighted by molar-refractivity contribution is 5.45. The normalized spacial score (nSPS) is 12.2. The van der Waals surface area contributed by atoms with Gasteiger partial charge >= 0.3 is 0 Å². The number of aliphatic hydroxyl groups is 1. The topological polar surface area (TPSA) is 42.4 Å². The van der Waals surface area contributed by atoms with Gasteiger partial charge in [0, 0.05) is 12.4 Å². The smallest absolute Gasteiger partial charge is 0.122 e. The highest BCUT2D eigenvalue weighted by Crippen LogP contribution is 2.31. The molecule has 20 heavy (non-hydrogen) atoms. The third-order valence-electron chi connectivity index (χ3n) is 3.69. The van der Waals surface area contributed by atoms with Gasteiger partial charge in [-0.25, -0.2) is 0 Å². The Labute approximate surface area is 120 Å². The van der Waals surface area contributed by atoms with E-state index in [0.717, 1.165) is 40.0 Å². The summed E-state index contributed by atoms with van der Waals surface area (Å²) in [5.41, 5.74) is 4.98. The second-order valence-corrected chi connectivity index (χ2v) is 5.01. The summed E-state index contributed by atoms with van der Waals surface area (Å²) in [5.74, 6) is 0.851. The first-order valence-electron chi connectivity index (χ1n) is 6.84. The Hall–Kier alpha value is -1.87. The molecule has 3 heteroatoms. The maximum Gasteiger partial charge on any atom is 0.122 e. The maximum atomic E-state index is 10.7. The molecule has 0 aliphatic heterocycles. The Bertz CT molecular complexity index is 608. The van der Waals surface area contributed by atoms with E-state index in [2.05, 4.69) is 11.9 Å².